The minimum atomic E-state index is -1.06. The number of para-hydroxylation sites is 1. The summed E-state index contributed by atoms with van der Waals surface area (Å²) in [5.41, 5.74) is 2.79. The van der Waals surface area contributed by atoms with Crippen LogP contribution in [0.15, 0.2) is 42.5 Å². The Labute approximate surface area is 118 Å². The molecule has 1 heterocycles. The summed E-state index contributed by atoms with van der Waals surface area (Å²) < 4.78 is 0. The lowest BCUT2D eigenvalue weighted by molar-refractivity contribution is 0.0698. The molecule has 0 atom stereocenters. The third kappa shape index (κ3) is 1.51. The minimum absolute atomic E-state index is 0.0830. The van der Waals surface area contributed by atoms with Crippen LogP contribution < -0.4 is 0 Å². The molecule has 2 aromatic carbocycles. The molecule has 1 aliphatic rings. The van der Waals surface area contributed by atoms with Gasteiger partial charge in [0.25, 0.3) is 0 Å². The van der Waals surface area contributed by atoms with E-state index >= 15 is 0 Å². The average molecular weight is 276 g/mol. The van der Waals surface area contributed by atoms with Crippen molar-refractivity contribution in [1.82, 2.24) is 9.97 Å². The predicted molar refractivity (Wildman–Crippen MR) is 75.4 cm³/mol. The highest BCUT2D eigenvalue weighted by atomic mass is 16.4. The second-order valence-electron chi connectivity index (χ2n) is 4.77. The van der Waals surface area contributed by atoms with Gasteiger partial charge in [-0.2, -0.15) is 0 Å². The van der Waals surface area contributed by atoms with Crippen LogP contribution in [0.3, 0.4) is 0 Å². The summed E-state index contributed by atoms with van der Waals surface area (Å²) in [5, 5.41) is 9.24. The van der Waals surface area contributed by atoms with Gasteiger partial charge in [-0.1, -0.05) is 30.3 Å². The summed E-state index contributed by atoms with van der Waals surface area (Å²) >= 11 is 0. The molecule has 5 heteroatoms. The fourth-order valence-corrected chi connectivity index (χ4v) is 2.61. The molecule has 0 unspecified atom stereocenters. The van der Waals surface area contributed by atoms with Gasteiger partial charge in [0.1, 0.15) is 16.9 Å². The van der Waals surface area contributed by atoms with Gasteiger partial charge in [0.05, 0.1) is 11.1 Å². The molecular weight excluding hydrogens is 268 g/mol. The molecule has 0 fully saturated rings. The SMILES string of the molecule is O=C1c2ccccc2-c2nc3c(C(=O)O)cccc3nc21. The number of nitrogens with zero attached hydrogens (tertiary/aromatic N) is 2. The van der Waals surface area contributed by atoms with Crippen LogP contribution in [0.1, 0.15) is 26.4 Å². The van der Waals surface area contributed by atoms with Crippen molar-refractivity contribution in [3.05, 3.63) is 59.3 Å². The number of carboxylic acid groups (broad SMARTS) is 1. The van der Waals surface area contributed by atoms with E-state index in [1.54, 1.807) is 30.3 Å². The number of aromatic carboxylic acids is 1. The smallest absolute Gasteiger partial charge is 0.337 e. The summed E-state index contributed by atoms with van der Waals surface area (Å²) in [5.74, 6) is -1.23. The zero-order valence-corrected chi connectivity index (χ0v) is 10.7. The molecule has 0 aliphatic heterocycles. The molecule has 0 spiro atoms. The quantitative estimate of drug-likeness (QED) is 0.578. The van der Waals surface area contributed by atoms with E-state index in [0.29, 0.717) is 27.9 Å². The molecular formula is C16H8N2O3. The van der Waals surface area contributed by atoms with Crippen molar-refractivity contribution in [2.24, 2.45) is 0 Å². The van der Waals surface area contributed by atoms with E-state index in [0.717, 1.165) is 0 Å². The second kappa shape index (κ2) is 3.96. The molecule has 1 N–H and O–H groups in total. The van der Waals surface area contributed by atoms with Crippen LogP contribution in [-0.2, 0) is 0 Å². The molecule has 1 aliphatic carbocycles. The highest BCUT2D eigenvalue weighted by Crippen LogP contribution is 2.35. The van der Waals surface area contributed by atoms with Gasteiger partial charge >= 0.3 is 5.97 Å². The lowest BCUT2D eigenvalue weighted by Crippen LogP contribution is -2.03. The summed E-state index contributed by atoms with van der Waals surface area (Å²) in [6.45, 7) is 0. The first-order chi connectivity index (χ1) is 10.2. The van der Waals surface area contributed by atoms with Crippen LogP contribution in [0.2, 0.25) is 0 Å². The van der Waals surface area contributed by atoms with Crippen LogP contribution in [0.4, 0.5) is 0 Å². The Hall–Kier alpha value is -3.08. The van der Waals surface area contributed by atoms with Crippen molar-refractivity contribution in [3.63, 3.8) is 0 Å². The lowest BCUT2D eigenvalue weighted by Gasteiger charge is -2.04. The fraction of sp³-hybridized carbons (Fsp3) is 0. The molecule has 3 aromatic rings. The van der Waals surface area contributed by atoms with Crippen molar-refractivity contribution in [2.45, 2.75) is 0 Å². The van der Waals surface area contributed by atoms with Crippen LogP contribution >= 0.6 is 0 Å². The van der Waals surface area contributed by atoms with Crippen molar-refractivity contribution in [3.8, 4) is 11.3 Å². The monoisotopic (exact) mass is 276 g/mol. The number of carbonyl (C=O) groups excluding carboxylic acids is 1. The van der Waals surface area contributed by atoms with E-state index < -0.39 is 5.97 Å². The van der Waals surface area contributed by atoms with Crippen LogP contribution in [0.25, 0.3) is 22.3 Å². The predicted octanol–water partition coefficient (Wildman–Crippen LogP) is 2.54. The fourth-order valence-electron chi connectivity index (χ4n) is 2.61. The van der Waals surface area contributed by atoms with Crippen molar-refractivity contribution < 1.29 is 14.7 Å². The first-order valence-electron chi connectivity index (χ1n) is 6.35. The molecule has 0 saturated heterocycles. The summed E-state index contributed by atoms with van der Waals surface area (Å²) in [6, 6.07) is 11.9. The van der Waals surface area contributed by atoms with Gasteiger partial charge < -0.3 is 5.11 Å². The number of rotatable bonds is 1. The van der Waals surface area contributed by atoms with E-state index in [1.807, 2.05) is 6.07 Å². The number of fused-ring (bicyclic) bond motifs is 4. The van der Waals surface area contributed by atoms with Gasteiger partial charge in [-0.05, 0) is 12.1 Å². The minimum Gasteiger partial charge on any atom is -0.478 e. The third-order valence-corrected chi connectivity index (χ3v) is 3.57. The molecule has 0 bridgehead atoms. The number of aromatic nitrogens is 2. The molecule has 1 aromatic heterocycles. The number of hydrogen-bond acceptors (Lipinski definition) is 4. The van der Waals surface area contributed by atoms with Crippen molar-refractivity contribution >= 4 is 22.8 Å². The number of carbonyl (C=O) groups is 2. The van der Waals surface area contributed by atoms with Gasteiger partial charge in [0.2, 0.25) is 5.78 Å². The topological polar surface area (TPSA) is 80.2 Å². The number of carboxylic acids is 1. The molecule has 0 saturated carbocycles. The maximum absolute atomic E-state index is 12.3. The Balaban J connectivity index is 2.12. The Morgan fingerprint density at radius 2 is 1.67 bits per heavy atom. The highest BCUT2D eigenvalue weighted by Gasteiger charge is 2.30. The summed E-state index contributed by atoms with van der Waals surface area (Å²) in [4.78, 5) is 32.3. The number of ketones is 1. The van der Waals surface area contributed by atoms with Gasteiger partial charge in [-0.3, -0.25) is 4.79 Å². The second-order valence-corrected chi connectivity index (χ2v) is 4.77. The lowest BCUT2D eigenvalue weighted by atomic mass is 10.1. The maximum atomic E-state index is 12.3. The standard InChI is InChI=1S/C16H8N2O3/c19-15-9-5-2-1-4-8(9)13-14(15)17-11-7-3-6-10(16(20)21)12(11)18-13/h1-7H,(H,20,21). The highest BCUT2D eigenvalue weighted by molar-refractivity contribution is 6.20. The Kier molecular flexibility index (Phi) is 2.21. The average Bonchev–Trinajstić information content (AvgIpc) is 2.78. The zero-order valence-electron chi connectivity index (χ0n) is 10.7. The molecule has 5 nitrogen and oxygen atoms in total. The summed E-state index contributed by atoms with van der Waals surface area (Å²) in [6.07, 6.45) is 0. The van der Waals surface area contributed by atoms with Crippen LogP contribution in [0, 0.1) is 0 Å². The van der Waals surface area contributed by atoms with Gasteiger partial charge in [-0.15, -0.1) is 0 Å². The van der Waals surface area contributed by atoms with Gasteiger partial charge in [0.15, 0.2) is 0 Å². The third-order valence-electron chi connectivity index (χ3n) is 3.57. The van der Waals surface area contributed by atoms with E-state index in [4.69, 9.17) is 0 Å². The molecule has 100 valence electrons. The number of hydrogen-bond donors (Lipinski definition) is 1. The first kappa shape index (κ1) is 11.7. The van der Waals surface area contributed by atoms with Crippen LogP contribution in [-0.4, -0.2) is 26.8 Å². The maximum Gasteiger partial charge on any atom is 0.337 e. The van der Waals surface area contributed by atoms with E-state index in [9.17, 15) is 14.7 Å². The molecule has 4 rings (SSSR count). The van der Waals surface area contributed by atoms with Crippen molar-refractivity contribution in [2.75, 3.05) is 0 Å². The Morgan fingerprint density at radius 1 is 0.905 bits per heavy atom. The zero-order chi connectivity index (χ0) is 14.6. The largest absolute Gasteiger partial charge is 0.478 e. The van der Waals surface area contributed by atoms with Gasteiger partial charge in [-0.25, -0.2) is 14.8 Å². The molecule has 21 heavy (non-hydrogen) atoms. The Bertz CT molecular complexity index is 947. The molecule has 0 radical (unpaired) electrons. The first-order valence-corrected chi connectivity index (χ1v) is 6.35. The normalized spacial score (nSPS) is 12.3. The van der Waals surface area contributed by atoms with E-state index in [1.165, 1.54) is 6.07 Å². The molecule has 0 amide bonds. The Morgan fingerprint density at radius 3 is 2.43 bits per heavy atom. The summed E-state index contributed by atoms with van der Waals surface area (Å²) in [7, 11) is 0. The van der Waals surface area contributed by atoms with E-state index in [2.05, 4.69) is 9.97 Å². The van der Waals surface area contributed by atoms with Crippen molar-refractivity contribution in [1.29, 1.82) is 0 Å². The van der Waals surface area contributed by atoms with E-state index in [-0.39, 0.29) is 17.0 Å². The van der Waals surface area contributed by atoms with Gasteiger partial charge in [0, 0.05) is 11.1 Å². The van der Waals surface area contributed by atoms with Crippen LogP contribution in [0.5, 0.6) is 0 Å². The number of benzene rings is 2.